The molecule has 0 saturated carbocycles. The van der Waals surface area contributed by atoms with Gasteiger partial charge in [0.1, 0.15) is 6.61 Å². The molecule has 0 unspecified atom stereocenters. The molecule has 1 rings (SSSR count). The Morgan fingerprint density at radius 1 is 1.28 bits per heavy atom. The van der Waals surface area contributed by atoms with Gasteiger partial charge >= 0.3 is 5.97 Å². The third-order valence-corrected chi connectivity index (χ3v) is 2.27. The van der Waals surface area contributed by atoms with Crippen LogP contribution in [-0.2, 0) is 14.2 Å². The smallest absolute Gasteiger partial charge is 0.340 e. The van der Waals surface area contributed by atoms with Crippen LogP contribution in [0.15, 0.2) is 18.2 Å². The Balaban J connectivity index is 2.81. The average molecular weight is 258 g/mol. The van der Waals surface area contributed by atoms with Crippen molar-refractivity contribution in [2.75, 3.05) is 27.9 Å². The van der Waals surface area contributed by atoms with Crippen LogP contribution in [0.25, 0.3) is 0 Å². The Labute approximate surface area is 104 Å². The van der Waals surface area contributed by atoms with Crippen LogP contribution in [0.1, 0.15) is 10.4 Å². The molecule has 0 saturated heterocycles. The first-order valence-electron chi connectivity index (χ1n) is 5.19. The SMILES string of the molecule is COC(=O)c1cccc(OCC(OC)OC)c1F. The van der Waals surface area contributed by atoms with Crippen molar-refractivity contribution in [2.24, 2.45) is 0 Å². The highest BCUT2D eigenvalue weighted by Gasteiger charge is 2.17. The predicted octanol–water partition coefficient (Wildman–Crippen LogP) is 1.61. The maximum absolute atomic E-state index is 13.9. The van der Waals surface area contributed by atoms with Crippen LogP contribution < -0.4 is 4.74 Å². The second-order valence-corrected chi connectivity index (χ2v) is 3.32. The normalized spacial score (nSPS) is 10.5. The lowest BCUT2D eigenvalue weighted by atomic mass is 10.2. The van der Waals surface area contributed by atoms with Crippen LogP contribution in [0, 0.1) is 5.82 Å². The number of carbonyl (C=O) groups is 1. The molecule has 0 fully saturated rings. The Hall–Kier alpha value is -1.66. The van der Waals surface area contributed by atoms with E-state index in [1.165, 1.54) is 39.5 Å². The molecule has 0 aliphatic heterocycles. The van der Waals surface area contributed by atoms with E-state index >= 15 is 0 Å². The zero-order valence-electron chi connectivity index (χ0n) is 10.4. The fourth-order valence-corrected chi connectivity index (χ4v) is 1.28. The molecule has 0 spiro atoms. The van der Waals surface area contributed by atoms with E-state index in [0.717, 1.165) is 0 Å². The van der Waals surface area contributed by atoms with Gasteiger partial charge in [0.05, 0.1) is 12.7 Å². The lowest BCUT2D eigenvalue weighted by Gasteiger charge is -2.15. The molecule has 18 heavy (non-hydrogen) atoms. The summed E-state index contributed by atoms with van der Waals surface area (Å²) in [5, 5.41) is 0. The third kappa shape index (κ3) is 3.41. The molecule has 0 aliphatic rings. The molecule has 0 atom stereocenters. The number of benzene rings is 1. The minimum atomic E-state index is -0.768. The van der Waals surface area contributed by atoms with Crippen molar-refractivity contribution in [1.82, 2.24) is 0 Å². The minimum Gasteiger partial charge on any atom is -0.485 e. The summed E-state index contributed by atoms with van der Waals surface area (Å²) in [6, 6.07) is 4.22. The molecule has 0 heterocycles. The summed E-state index contributed by atoms with van der Waals surface area (Å²) in [7, 11) is 4.07. The van der Waals surface area contributed by atoms with Gasteiger partial charge in [0, 0.05) is 14.2 Å². The molecule has 0 amide bonds. The van der Waals surface area contributed by atoms with Crippen LogP contribution in [0.2, 0.25) is 0 Å². The Morgan fingerprint density at radius 3 is 2.50 bits per heavy atom. The predicted molar refractivity (Wildman–Crippen MR) is 61.0 cm³/mol. The highest BCUT2D eigenvalue weighted by atomic mass is 19.1. The maximum atomic E-state index is 13.9. The molecule has 1 aromatic carbocycles. The van der Waals surface area contributed by atoms with Crippen molar-refractivity contribution in [3.05, 3.63) is 29.6 Å². The van der Waals surface area contributed by atoms with E-state index in [1.807, 2.05) is 0 Å². The second kappa shape index (κ2) is 6.93. The maximum Gasteiger partial charge on any atom is 0.340 e. The first-order valence-corrected chi connectivity index (χ1v) is 5.19. The first kappa shape index (κ1) is 14.4. The monoisotopic (exact) mass is 258 g/mol. The largest absolute Gasteiger partial charge is 0.485 e. The molecular formula is C12H15FO5. The average Bonchev–Trinajstić information content (AvgIpc) is 2.40. The molecule has 0 aliphatic carbocycles. The van der Waals surface area contributed by atoms with E-state index < -0.39 is 18.1 Å². The van der Waals surface area contributed by atoms with Crippen molar-refractivity contribution in [3.63, 3.8) is 0 Å². The number of methoxy groups -OCH3 is 3. The van der Waals surface area contributed by atoms with Crippen LogP contribution >= 0.6 is 0 Å². The summed E-state index contributed by atoms with van der Waals surface area (Å²) in [4.78, 5) is 11.3. The number of hydrogen-bond acceptors (Lipinski definition) is 5. The number of hydrogen-bond donors (Lipinski definition) is 0. The van der Waals surface area contributed by atoms with Gasteiger partial charge < -0.3 is 18.9 Å². The van der Waals surface area contributed by atoms with Gasteiger partial charge in [0.25, 0.3) is 0 Å². The first-order chi connectivity index (χ1) is 8.63. The summed E-state index contributed by atoms with van der Waals surface area (Å²) in [5.74, 6) is -1.58. The second-order valence-electron chi connectivity index (χ2n) is 3.32. The fourth-order valence-electron chi connectivity index (χ4n) is 1.28. The molecule has 100 valence electrons. The van der Waals surface area contributed by atoms with Crippen LogP contribution in [0.3, 0.4) is 0 Å². The number of ether oxygens (including phenoxy) is 4. The number of halogens is 1. The number of rotatable bonds is 6. The summed E-state index contributed by atoms with van der Waals surface area (Å²) in [6.45, 7) is 0.00848. The van der Waals surface area contributed by atoms with Crippen molar-refractivity contribution >= 4 is 5.97 Å². The molecule has 0 radical (unpaired) electrons. The lowest BCUT2D eigenvalue weighted by molar-refractivity contribution is -0.122. The summed E-state index contributed by atoms with van der Waals surface area (Å²) >= 11 is 0. The molecule has 6 heteroatoms. The molecular weight excluding hydrogens is 243 g/mol. The van der Waals surface area contributed by atoms with Gasteiger partial charge in [-0.3, -0.25) is 0 Å². The van der Waals surface area contributed by atoms with Crippen molar-refractivity contribution in [3.8, 4) is 5.75 Å². The van der Waals surface area contributed by atoms with E-state index in [1.54, 1.807) is 0 Å². The fraction of sp³-hybridized carbons (Fsp3) is 0.417. The quantitative estimate of drug-likeness (QED) is 0.573. The van der Waals surface area contributed by atoms with Crippen LogP contribution in [0.4, 0.5) is 4.39 Å². The zero-order valence-corrected chi connectivity index (χ0v) is 10.4. The highest BCUT2D eigenvalue weighted by molar-refractivity contribution is 5.90. The Kier molecular flexibility index (Phi) is 5.54. The molecule has 0 N–H and O–H groups in total. The Bertz CT molecular complexity index is 403. The molecule has 1 aromatic rings. The van der Waals surface area contributed by atoms with Crippen molar-refractivity contribution in [2.45, 2.75) is 6.29 Å². The molecule has 0 aromatic heterocycles. The van der Waals surface area contributed by atoms with Crippen LogP contribution in [-0.4, -0.2) is 40.2 Å². The van der Waals surface area contributed by atoms with E-state index in [0.29, 0.717) is 0 Å². The van der Waals surface area contributed by atoms with Gasteiger partial charge in [0.2, 0.25) is 0 Å². The Morgan fingerprint density at radius 2 is 1.94 bits per heavy atom. The van der Waals surface area contributed by atoms with Gasteiger partial charge in [-0.05, 0) is 12.1 Å². The minimum absolute atomic E-state index is 0.00848. The zero-order chi connectivity index (χ0) is 13.5. The van der Waals surface area contributed by atoms with Crippen molar-refractivity contribution < 1.29 is 28.1 Å². The number of esters is 1. The van der Waals surface area contributed by atoms with E-state index in [2.05, 4.69) is 4.74 Å². The summed E-state index contributed by atoms with van der Waals surface area (Å²) in [5.41, 5.74) is -0.179. The molecule has 0 bridgehead atoms. The van der Waals surface area contributed by atoms with E-state index in [-0.39, 0.29) is 17.9 Å². The van der Waals surface area contributed by atoms with Crippen molar-refractivity contribution in [1.29, 1.82) is 0 Å². The van der Waals surface area contributed by atoms with E-state index in [9.17, 15) is 9.18 Å². The third-order valence-electron chi connectivity index (χ3n) is 2.27. The topological polar surface area (TPSA) is 54.0 Å². The van der Waals surface area contributed by atoms with Gasteiger partial charge in [-0.15, -0.1) is 0 Å². The van der Waals surface area contributed by atoms with E-state index in [4.69, 9.17) is 14.2 Å². The number of carbonyl (C=O) groups excluding carboxylic acids is 1. The lowest BCUT2D eigenvalue weighted by Crippen LogP contribution is -2.22. The standard InChI is InChI=1S/C12H15FO5/c1-15-10(16-2)7-18-9-6-4-5-8(11(9)13)12(14)17-3/h4-6,10H,7H2,1-3H3. The van der Waals surface area contributed by atoms with Gasteiger partial charge in [0.15, 0.2) is 17.9 Å². The van der Waals surface area contributed by atoms with Crippen LogP contribution in [0.5, 0.6) is 5.75 Å². The van der Waals surface area contributed by atoms with Gasteiger partial charge in [-0.1, -0.05) is 6.07 Å². The van der Waals surface area contributed by atoms with Gasteiger partial charge in [-0.2, -0.15) is 0 Å². The highest BCUT2D eigenvalue weighted by Crippen LogP contribution is 2.21. The molecule has 5 nitrogen and oxygen atoms in total. The summed E-state index contributed by atoms with van der Waals surface area (Å²) in [6.07, 6.45) is -0.605. The summed E-state index contributed by atoms with van der Waals surface area (Å²) < 4.78 is 33.3. The van der Waals surface area contributed by atoms with Gasteiger partial charge in [-0.25, -0.2) is 9.18 Å².